The van der Waals surface area contributed by atoms with Crippen LogP contribution in [0.25, 0.3) is 0 Å². The van der Waals surface area contributed by atoms with Gasteiger partial charge in [0.1, 0.15) is 11.9 Å². The van der Waals surface area contributed by atoms with Gasteiger partial charge >= 0.3 is 0 Å². The van der Waals surface area contributed by atoms with Crippen LogP contribution in [0.4, 0.5) is 0 Å². The van der Waals surface area contributed by atoms with Crippen molar-refractivity contribution in [1.82, 2.24) is 0 Å². The van der Waals surface area contributed by atoms with Crippen LogP contribution >= 0.6 is 11.3 Å². The third-order valence-corrected chi connectivity index (χ3v) is 5.10. The van der Waals surface area contributed by atoms with E-state index in [1.807, 2.05) is 25.1 Å². The number of aryl methyl sites for hydroxylation is 3. The standard InChI is InChI=1S/C16H18O2S/c1-10-8-12(18-2)6-7-13(10)16(17)15-9-11-4-3-5-14(11)19-15/h6-9,16-17H,3-5H2,1-2H3. The number of benzene rings is 1. The summed E-state index contributed by atoms with van der Waals surface area (Å²) in [7, 11) is 1.66. The average molecular weight is 274 g/mol. The Balaban J connectivity index is 1.92. The number of ether oxygens (including phenoxy) is 1. The van der Waals surface area contributed by atoms with Crippen LogP contribution < -0.4 is 4.74 Å². The normalized spacial score (nSPS) is 15.3. The van der Waals surface area contributed by atoms with E-state index in [4.69, 9.17) is 4.74 Å². The zero-order valence-corrected chi connectivity index (χ0v) is 12.1. The molecule has 100 valence electrons. The number of rotatable bonds is 3. The van der Waals surface area contributed by atoms with Crippen molar-refractivity contribution < 1.29 is 9.84 Å². The molecule has 2 nitrogen and oxygen atoms in total. The molecule has 1 heterocycles. The predicted molar refractivity (Wildman–Crippen MR) is 78.1 cm³/mol. The fourth-order valence-corrected chi connectivity index (χ4v) is 3.98. The fourth-order valence-electron chi connectivity index (χ4n) is 2.72. The quantitative estimate of drug-likeness (QED) is 0.926. The molecule has 0 aliphatic heterocycles. The minimum atomic E-state index is -0.512. The van der Waals surface area contributed by atoms with Gasteiger partial charge < -0.3 is 9.84 Å². The number of thiophene rings is 1. The molecule has 3 heteroatoms. The number of hydrogen-bond acceptors (Lipinski definition) is 3. The summed E-state index contributed by atoms with van der Waals surface area (Å²) in [6, 6.07) is 8.03. The molecule has 0 radical (unpaired) electrons. The summed E-state index contributed by atoms with van der Waals surface area (Å²) in [4.78, 5) is 2.53. The van der Waals surface area contributed by atoms with Crippen molar-refractivity contribution in [1.29, 1.82) is 0 Å². The molecule has 2 aromatic rings. The van der Waals surface area contributed by atoms with Gasteiger partial charge in [0.05, 0.1) is 7.11 Å². The first kappa shape index (κ1) is 12.7. The second-order valence-electron chi connectivity index (χ2n) is 5.08. The van der Waals surface area contributed by atoms with Crippen molar-refractivity contribution in [3.63, 3.8) is 0 Å². The molecule has 0 amide bonds. The highest BCUT2D eigenvalue weighted by molar-refractivity contribution is 7.12. The Hall–Kier alpha value is -1.32. The zero-order valence-electron chi connectivity index (χ0n) is 11.3. The van der Waals surface area contributed by atoms with Crippen LogP contribution in [-0.4, -0.2) is 12.2 Å². The molecule has 0 spiro atoms. The summed E-state index contributed by atoms with van der Waals surface area (Å²) >= 11 is 1.76. The van der Waals surface area contributed by atoms with Gasteiger partial charge in [-0.25, -0.2) is 0 Å². The highest BCUT2D eigenvalue weighted by Crippen LogP contribution is 2.37. The highest BCUT2D eigenvalue weighted by Gasteiger charge is 2.20. The SMILES string of the molecule is COc1ccc(C(O)c2cc3c(s2)CCC3)c(C)c1. The van der Waals surface area contributed by atoms with Crippen LogP contribution in [-0.2, 0) is 12.8 Å². The second-order valence-corrected chi connectivity index (χ2v) is 6.24. The van der Waals surface area contributed by atoms with Gasteiger partial charge in [0.15, 0.2) is 0 Å². The highest BCUT2D eigenvalue weighted by atomic mass is 32.1. The van der Waals surface area contributed by atoms with Crippen molar-refractivity contribution in [2.75, 3.05) is 7.11 Å². The van der Waals surface area contributed by atoms with Crippen LogP contribution in [0.1, 0.15) is 39.0 Å². The molecule has 0 fully saturated rings. The monoisotopic (exact) mass is 274 g/mol. The molecular formula is C16H18O2S. The van der Waals surface area contributed by atoms with Gasteiger partial charge in [-0.05, 0) is 61.1 Å². The number of hydrogen-bond donors (Lipinski definition) is 1. The van der Waals surface area contributed by atoms with Crippen LogP contribution in [0.2, 0.25) is 0 Å². The topological polar surface area (TPSA) is 29.5 Å². The van der Waals surface area contributed by atoms with Crippen LogP contribution in [0.5, 0.6) is 5.75 Å². The molecule has 3 rings (SSSR count). The van der Waals surface area contributed by atoms with Gasteiger partial charge in [-0.1, -0.05) is 6.07 Å². The van der Waals surface area contributed by atoms with Gasteiger partial charge in [-0.3, -0.25) is 0 Å². The number of aliphatic hydroxyl groups excluding tert-OH is 1. The van der Waals surface area contributed by atoms with E-state index in [-0.39, 0.29) is 0 Å². The molecule has 1 aromatic heterocycles. The summed E-state index contributed by atoms with van der Waals surface area (Å²) in [5.74, 6) is 0.835. The third-order valence-electron chi connectivity index (χ3n) is 3.81. The van der Waals surface area contributed by atoms with Crippen LogP contribution in [0, 0.1) is 6.92 Å². The Morgan fingerprint density at radius 2 is 2.11 bits per heavy atom. The van der Waals surface area contributed by atoms with Crippen LogP contribution in [0.3, 0.4) is 0 Å². The van der Waals surface area contributed by atoms with Gasteiger partial charge in [0.2, 0.25) is 0 Å². The zero-order chi connectivity index (χ0) is 13.4. The molecular weight excluding hydrogens is 256 g/mol. The largest absolute Gasteiger partial charge is 0.497 e. The van der Waals surface area contributed by atoms with Crippen molar-refractivity contribution in [3.8, 4) is 5.75 Å². The van der Waals surface area contributed by atoms with Crippen LogP contribution in [0.15, 0.2) is 24.3 Å². The Morgan fingerprint density at radius 1 is 1.26 bits per heavy atom. The maximum absolute atomic E-state index is 10.6. The van der Waals surface area contributed by atoms with Crippen molar-refractivity contribution in [3.05, 3.63) is 50.7 Å². The molecule has 1 unspecified atom stereocenters. The molecule has 1 atom stereocenters. The molecule has 1 aromatic carbocycles. The number of methoxy groups -OCH3 is 1. The Labute approximate surface area is 117 Å². The lowest BCUT2D eigenvalue weighted by Crippen LogP contribution is -2.00. The summed E-state index contributed by atoms with van der Waals surface area (Å²) in [6.45, 7) is 2.02. The van der Waals surface area contributed by atoms with Gasteiger partial charge in [0.25, 0.3) is 0 Å². The lowest BCUT2D eigenvalue weighted by atomic mass is 10.0. The van der Waals surface area contributed by atoms with Gasteiger partial charge in [-0.15, -0.1) is 11.3 Å². The summed E-state index contributed by atoms with van der Waals surface area (Å²) in [5.41, 5.74) is 3.48. The summed E-state index contributed by atoms with van der Waals surface area (Å²) in [6.07, 6.45) is 3.09. The minimum Gasteiger partial charge on any atom is -0.497 e. The Kier molecular flexibility index (Phi) is 3.33. The molecule has 19 heavy (non-hydrogen) atoms. The predicted octanol–water partition coefficient (Wildman–Crippen LogP) is 3.64. The first-order valence-corrected chi connectivity index (χ1v) is 7.45. The van der Waals surface area contributed by atoms with Crippen molar-refractivity contribution in [2.45, 2.75) is 32.3 Å². The van der Waals surface area contributed by atoms with E-state index in [1.54, 1.807) is 18.4 Å². The number of aliphatic hydroxyl groups is 1. The van der Waals surface area contributed by atoms with E-state index in [0.29, 0.717) is 0 Å². The van der Waals surface area contributed by atoms with E-state index in [2.05, 4.69) is 6.07 Å². The van der Waals surface area contributed by atoms with E-state index in [0.717, 1.165) is 21.8 Å². The Morgan fingerprint density at radius 3 is 2.79 bits per heavy atom. The van der Waals surface area contributed by atoms with Crippen molar-refractivity contribution in [2.24, 2.45) is 0 Å². The van der Waals surface area contributed by atoms with Gasteiger partial charge in [0, 0.05) is 9.75 Å². The lowest BCUT2D eigenvalue weighted by molar-refractivity contribution is 0.223. The molecule has 1 aliphatic carbocycles. The summed E-state index contributed by atoms with van der Waals surface area (Å²) < 4.78 is 5.21. The molecule has 1 aliphatic rings. The maximum Gasteiger partial charge on any atom is 0.119 e. The van der Waals surface area contributed by atoms with Gasteiger partial charge in [-0.2, -0.15) is 0 Å². The maximum atomic E-state index is 10.6. The molecule has 0 saturated carbocycles. The minimum absolute atomic E-state index is 0.512. The lowest BCUT2D eigenvalue weighted by Gasteiger charge is -2.13. The second kappa shape index (κ2) is 4.99. The Bertz CT molecular complexity index is 579. The first-order chi connectivity index (χ1) is 9.19. The first-order valence-electron chi connectivity index (χ1n) is 6.63. The van der Waals surface area contributed by atoms with E-state index < -0.39 is 6.10 Å². The van der Waals surface area contributed by atoms with Crippen molar-refractivity contribution >= 4 is 11.3 Å². The molecule has 1 N–H and O–H groups in total. The smallest absolute Gasteiger partial charge is 0.119 e. The van der Waals surface area contributed by atoms with E-state index in [1.165, 1.54) is 29.7 Å². The average Bonchev–Trinajstić information content (AvgIpc) is 2.98. The fraction of sp³-hybridized carbons (Fsp3) is 0.375. The molecule has 0 bridgehead atoms. The summed E-state index contributed by atoms with van der Waals surface area (Å²) in [5, 5.41) is 10.6. The molecule has 0 saturated heterocycles. The third kappa shape index (κ3) is 2.28. The van der Waals surface area contributed by atoms with E-state index >= 15 is 0 Å². The van der Waals surface area contributed by atoms with E-state index in [9.17, 15) is 5.11 Å². The number of fused-ring (bicyclic) bond motifs is 1.